The van der Waals surface area contributed by atoms with Gasteiger partial charge in [-0.15, -0.1) is 0 Å². The maximum Gasteiger partial charge on any atom is 0.244 e. The summed E-state index contributed by atoms with van der Waals surface area (Å²) in [5.41, 5.74) is 1.36. The summed E-state index contributed by atoms with van der Waals surface area (Å²) in [5.74, 6) is 1.59. The molecule has 0 saturated heterocycles. The number of carbonyl (C=O) groups is 1. The lowest BCUT2D eigenvalue weighted by atomic mass is 10.1. The molecule has 23 heavy (non-hydrogen) atoms. The average Bonchev–Trinajstić information content (AvgIpc) is 3.26. The zero-order valence-corrected chi connectivity index (χ0v) is 16.9. The fraction of sp³-hybridized carbons (Fsp3) is 0.421. The minimum atomic E-state index is -0.0277. The van der Waals surface area contributed by atoms with Gasteiger partial charge in [0, 0.05) is 21.1 Å². The van der Waals surface area contributed by atoms with Crippen molar-refractivity contribution in [3.63, 3.8) is 0 Å². The molecule has 2 rings (SSSR count). The van der Waals surface area contributed by atoms with Gasteiger partial charge < -0.3 is 5.32 Å². The molecular weight excluding hydrogens is 418 g/mol. The van der Waals surface area contributed by atoms with Crippen LogP contribution in [0.25, 0.3) is 0 Å². The van der Waals surface area contributed by atoms with Gasteiger partial charge in [-0.05, 0) is 80.7 Å². The van der Waals surface area contributed by atoms with Crippen LogP contribution >= 0.6 is 31.9 Å². The number of halogens is 2. The highest BCUT2D eigenvalue weighted by molar-refractivity contribution is 9.13. The van der Waals surface area contributed by atoms with E-state index in [0.29, 0.717) is 17.8 Å². The van der Waals surface area contributed by atoms with E-state index in [2.05, 4.69) is 75.3 Å². The molecule has 1 unspecified atom stereocenters. The first kappa shape index (κ1) is 18.5. The summed E-state index contributed by atoms with van der Waals surface area (Å²) in [5, 5.41) is 2.96. The molecule has 0 bridgehead atoms. The van der Waals surface area contributed by atoms with E-state index in [1.807, 2.05) is 19.1 Å². The number of nitrogens with one attached hydrogen (secondary N) is 1. The Balaban J connectivity index is 1.80. The number of carbonyl (C=O) groups excluding carboxylic acids is 1. The lowest BCUT2D eigenvalue weighted by Gasteiger charge is -2.15. The predicted molar refractivity (Wildman–Crippen MR) is 103 cm³/mol. The number of allylic oxidation sites excluding steroid dienone is 3. The number of amides is 1. The van der Waals surface area contributed by atoms with Crippen LogP contribution in [0.3, 0.4) is 0 Å². The second kappa shape index (κ2) is 8.29. The Morgan fingerprint density at radius 3 is 2.61 bits per heavy atom. The maximum absolute atomic E-state index is 11.7. The van der Waals surface area contributed by atoms with Crippen molar-refractivity contribution in [1.29, 1.82) is 0 Å². The van der Waals surface area contributed by atoms with E-state index in [0.717, 1.165) is 8.95 Å². The molecule has 0 spiro atoms. The smallest absolute Gasteiger partial charge is 0.244 e. The van der Waals surface area contributed by atoms with Crippen LogP contribution in [0, 0.1) is 11.8 Å². The molecule has 0 aliphatic heterocycles. The maximum atomic E-state index is 11.7. The van der Waals surface area contributed by atoms with E-state index >= 15 is 0 Å². The van der Waals surface area contributed by atoms with Gasteiger partial charge in [-0.3, -0.25) is 4.79 Å². The van der Waals surface area contributed by atoms with Gasteiger partial charge in [0.25, 0.3) is 0 Å². The van der Waals surface area contributed by atoms with E-state index in [9.17, 15) is 4.79 Å². The highest BCUT2D eigenvalue weighted by atomic mass is 79.9. The number of hydrogen-bond acceptors (Lipinski definition) is 1. The van der Waals surface area contributed by atoms with Crippen molar-refractivity contribution in [1.82, 2.24) is 5.32 Å². The third-order valence-electron chi connectivity index (χ3n) is 4.30. The Labute approximate surface area is 155 Å². The normalized spacial score (nSPS) is 22.0. The Hall–Kier alpha value is -0.870. The van der Waals surface area contributed by atoms with Crippen molar-refractivity contribution >= 4 is 37.8 Å². The molecule has 124 valence electrons. The molecule has 1 fully saturated rings. The third kappa shape index (κ3) is 5.61. The third-order valence-corrected chi connectivity index (χ3v) is 6.18. The second-order valence-electron chi connectivity index (χ2n) is 6.46. The van der Waals surface area contributed by atoms with Crippen molar-refractivity contribution in [2.24, 2.45) is 11.8 Å². The molecule has 0 heterocycles. The van der Waals surface area contributed by atoms with Crippen LogP contribution in [0.2, 0.25) is 0 Å². The molecule has 0 aromatic heterocycles. The van der Waals surface area contributed by atoms with Gasteiger partial charge in [0.05, 0.1) is 0 Å². The Morgan fingerprint density at radius 1 is 1.22 bits per heavy atom. The molecular formula is C19H23Br2NO. The number of rotatable bonds is 6. The minimum absolute atomic E-state index is 0.0277. The largest absolute Gasteiger partial charge is 0.350 e. The fourth-order valence-electron chi connectivity index (χ4n) is 2.34. The monoisotopic (exact) mass is 439 g/mol. The molecule has 2 nitrogen and oxygen atoms in total. The summed E-state index contributed by atoms with van der Waals surface area (Å²) < 4.78 is 2.18. The Morgan fingerprint density at radius 2 is 1.96 bits per heavy atom. The van der Waals surface area contributed by atoms with E-state index in [1.54, 1.807) is 6.08 Å². The summed E-state index contributed by atoms with van der Waals surface area (Å²) in [6.07, 6.45) is 8.78. The molecule has 1 aliphatic rings. The van der Waals surface area contributed by atoms with Crippen molar-refractivity contribution in [3.05, 3.63) is 57.0 Å². The SMILES string of the molecule is CC(C)C(C)NC(=O)C=CC=C[C@@H]1C[C@H]1c1ccc(Br)c(Br)c1. The standard InChI is InChI=1S/C19H23Br2NO/c1-12(2)13(3)22-19(23)7-5-4-6-14-10-16(14)15-8-9-17(20)18(21)11-15/h4-9,11-14,16H,10H2,1-3H3,(H,22,23)/t13?,14-,16-/m1/s1. The zero-order chi connectivity index (χ0) is 17.0. The van der Waals surface area contributed by atoms with Gasteiger partial charge in [-0.1, -0.05) is 38.1 Å². The molecule has 1 N–H and O–H groups in total. The quantitative estimate of drug-likeness (QED) is 0.453. The lowest BCUT2D eigenvalue weighted by Crippen LogP contribution is -2.34. The van der Waals surface area contributed by atoms with Crippen molar-refractivity contribution in [2.75, 3.05) is 0 Å². The Bertz CT molecular complexity index is 622. The average molecular weight is 441 g/mol. The van der Waals surface area contributed by atoms with Gasteiger partial charge in [-0.25, -0.2) is 0 Å². The molecule has 0 radical (unpaired) electrons. The summed E-state index contributed by atoms with van der Waals surface area (Å²) >= 11 is 7.05. The zero-order valence-electron chi connectivity index (χ0n) is 13.7. The molecule has 4 heteroatoms. The van der Waals surface area contributed by atoms with Crippen LogP contribution in [-0.4, -0.2) is 11.9 Å². The summed E-state index contributed by atoms with van der Waals surface area (Å²) in [7, 11) is 0. The molecule has 1 saturated carbocycles. The van der Waals surface area contributed by atoms with Gasteiger partial charge in [0.1, 0.15) is 0 Å². The highest BCUT2D eigenvalue weighted by Crippen LogP contribution is 2.49. The lowest BCUT2D eigenvalue weighted by molar-refractivity contribution is -0.117. The van der Waals surface area contributed by atoms with Gasteiger partial charge in [-0.2, -0.15) is 0 Å². The van der Waals surface area contributed by atoms with Crippen molar-refractivity contribution in [2.45, 2.75) is 39.2 Å². The van der Waals surface area contributed by atoms with Gasteiger partial charge in [0.15, 0.2) is 0 Å². The topological polar surface area (TPSA) is 29.1 Å². The van der Waals surface area contributed by atoms with Crippen LogP contribution in [0.4, 0.5) is 0 Å². The molecule has 1 aromatic carbocycles. The first-order valence-electron chi connectivity index (χ1n) is 7.98. The minimum Gasteiger partial charge on any atom is -0.350 e. The van der Waals surface area contributed by atoms with Crippen LogP contribution in [0.15, 0.2) is 51.4 Å². The van der Waals surface area contributed by atoms with Gasteiger partial charge >= 0.3 is 0 Å². The van der Waals surface area contributed by atoms with Gasteiger partial charge in [0.2, 0.25) is 5.91 Å². The summed E-state index contributed by atoms with van der Waals surface area (Å²) in [4.78, 5) is 11.7. The molecule has 1 amide bonds. The van der Waals surface area contributed by atoms with Crippen LogP contribution < -0.4 is 5.32 Å². The first-order chi connectivity index (χ1) is 10.9. The van der Waals surface area contributed by atoms with Crippen molar-refractivity contribution in [3.8, 4) is 0 Å². The summed E-state index contributed by atoms with van der Waals surface area (Å²) in [6, 6.07) is 6.63. The van der Waals surface area contributed by atoms with E-state index in [-0.39, 0.29) is 11.9 Å². The van der Waals surface area contributed by atoms with Crippen LogP contribution in [-0.2, 0) is 4.79 Å². The van der Waals surface area contributed by atoms with E-state index in [4.69, 9.17) is 0 Å². The van der Waals surface area contributed by atoms with Crippen LogP contribution in [0.5, 0.6) is 0 Å². The number of benzene rings is 1. The van der Waals surface area contributed by atoms with E-state index in [1.165, 1.54) is 12.0 Å². The Kier molecular flexibility index (Phi) is 6.66. The fourth-order valence-corrected chi connectivity index (χ4v) is 2.99. The molecule has 1 aliphatic carbocycles. The van der Waals surface area contributed by atoms with E-state index < -0.39 is 0 Å². The molecule has 1 aromatic rings. The van der Waals surface area contributed by atoms with Crippen LogP contribution in [0.1, 0.15) is 38.7 Å². The summed E-state index contributed by atoms with van der Waals surface area (Å²) in [6.45, 7) is 6.22. The number of hydrogen-bond donors (Lipinski definition) is 1. The van der Waals surface area contributed by atoms with Crippen molar-refractivity contribution < 1.29 is 4.79 Å². The molecule has 3 atom stereocenters. The highest BCUT2D eigenvalue weighted by Gasteiger charge is 2.36. The predicted octanol–water partition coefficient (Wildman–Crippen LogP) is 5.59. The second-order valence-corrected chi connectivity index (χ2v) is 8.17. The first-order valence-corrected chi connectivity index (χ1v) is 9.57.